The Kier molecular flexibility index (Phi) is 4.58. The monoisotopic (exact) mass is 358 g/mol. The summed E-state index contributed by atoms with van der Waals surface area (Å²) in [6.45, 7) is 0.305. The molecule has 2 N–H and O–H groups in total. The summed E-state index contributed by atoms with van der Waals surface area (Å²) in [4.78, 5) is 16.6. The van der Waals surface area contributed by atoms with Crippen LogP contribution in [-0.2, 0) is 13.0 Å². The second-order valence-electron chi connectivity index (χ2n) is 6.27. The summed E-state index contributed by atoms with van der Waals surface area (Å²) in [5.74, 6) is 0.751. The molecule has 5 nitrogen and oxygen atoms in total. The number of rotatable bonds is 5. The van der Waals surface area contributed by atoms with Gasteiger partial charge in [-0.2, -0.15) is 0 Å². The number of carbonyl (C=O) groups excluding carboxylic acids is 1. The van der Waals surface area contributed by atoms with Crippen molar-refractivity contribution in [3.05, 3.63) is 95.5 Å². The van der Waals surface area contributed by atoms with Crippen LogP contribution >= 0.6 is 0 Å². The fourth-order valence-corrected chi connectivity index (χ4v) is 3.07. The normalized spacial score (nSPS) is 10.8. The summed E-state index contributed by atoms with van der Waals surface area (Å²) in [7, 11) is 0. The number of benzene rings is 2. The van der Waals surface area contributed by atoms with Gasteiger partial charge in [0.1, 0.15) is 17.1 Å². The molecule has 1 amide bonds. The van der Waals surface area contributed by atoms with Gasteiger partial charge in [0.2, 0.25) is 0 Å². The molecule has 0 unspecified atom stereocenters. The molecule has 2 aromatic carbocycles. The lowest BCUT2D eigenvalue weighted by molar-refractivity contribution is 0.0951. The van der Waals surface area contributed by atoms with Crippen molar-refractivity contribution >= 4 is 16.9 Å². The van der Waals surface area contributed by atoms with E-state index in [0.29, 0.717) is 24.1 Å². The lowest BCUT2D eigenvalue weighted by atomic mass is 10.1. The van der Waals surface area contributed by atoms with Gasteiger partial charge in [-0.3, -0.25) is 9.78 Å². The van der Waals surface area contributed by atoms with Crippen LogP contribution in [0.5, 0.6) is 5.75 Å². The van der Waals surface area contributed by atoms with Gasteiger partial charge in [0.15, 0.2) is 0 Å². The molecule has 0 saturated heterocycles. The Morgan fingerprint density at radius 1 is 1.07 bits per heavy atom. The van der Waals surface area contributed by atoms with E-state index in [2.05, 4.69) is 10.3 Å². The third-order valence-electron chi connectivity index (χ3n) is 4.41. The number of phenolic OH excluding ortho intramolecular Hbond substituents is 1. The number of phenols is 1. The molecule has 5 heteroatoms. The van der Waals surface area contributed by atoms with Gasteiger partial charge in [-0.25, -0.2) is 0 Å². The van der Waals surface area contributed by atoms with E-state index in [0.717, 1.165) is 22.3 Å². The van der Waals surface area contributed by atoms with Crippen LogP contribution < -0.4 is 5.32 Å². The quantitative estimate of drug-likeness (QED) is 0.564. The number of amides is 1. The van der Waals surface area contributed by atoms with Crippen LogP contribution in [0.2, 0.25) is 0 Å². The third-order valence-corrected chi connectivity index (χ3v) is 4.41. The van der Waals surface area contributed by atoms with Crippen LogP contribution in [0, 0.1) is 0 Å². The van der Waals surface area contributed by atoms with E-state index in [-0.39, 0.29) is 11.7 Å². The van der Waals surface area contributed by atoms with Crippen LogP contribution in [0.1, 0.15) is 27.2 Å². The van der Waals surface area contributed by atoms with E-state index in [1.54, 1.807) is 42.7 Å². The number of aromatic hydroxyl groups is 1. The Morgan fingerprint density at radius 3 is 2.70 bits per heavy atom. The second kappa shape index (κ2) is 7.33. The highest BCUT2D eigenvalue weighted by atomic mass is 16.3. The number of hydrogen-bond acceptors (Lipinski definition) is 4. The Balaban J connectivity index is 1.65. The number of hydrogen-bond donors (Lipinski definition) is 2. The Bertz CT molecular complexity index is 1070. The number of aromatic nitrogens is 1. The molecule has 0 aliphatic rings. The Hall–Kier alpha value is -3.60. The van der Waals surface area contributed by atoms with Crippen LogP contribution in [0.3, 0.4) is 0 Å². The number of nitrogens with zero attached hydrogens (tertiary/aromatic N) is 1. The predicted octanol–water partition coefficient (Wildman–Crippen LogP) is 4.05. The zero-order valence-corrected chi connectivity index (χ0v) is 14.6. The standard InChI is InChI=1S/C22H18N2O3/c25-17-8-9-20-18(12-17)19(14-24-22(26)16-6-2-1-3-7-16)21(27-20)11-15-5-4-10-23-13-15/h1-10,12-13,25H,11,14H2,(H,24,26). The molecule has 0 atom stereocenters. The molecule has 0 aliphatic heterocycles. The van der Waals surface area contributed by atoms with E-state index in [4.69, 9.17) is 4.42 Å². The average molecular weight is 358 g/mol. The first-order chi connectivity index (χ1) is 13.2. The predicted molar refractivity (Wildman–Crippen MR) is 103 cm³/mol. The summed E-state index contributed by atoms with van der Waals surface area (Å²) in [6.07, 6.45) is 4.07. The Morgan fingerprint density at radius 2 is 1.93 bits per heavy atom. The zero-order valence-electron chi connectivity index (χ0n) is 14.6. The van der Waals surface area contributed by atoms with E-state index in [9.17, 15) is 9.90 Å². The van der Waals surface area contributed by atoms with Crippen LogP contribution in [0.15, 0.2) is 77.5 Å². The van der Waals surface area contributed by atoms with Crippen molar-refractivity contribution in [1.29, 1.82) is 0 Å². The third kappa shape index (κ3) is 3.67. The van der Waals surface area contributed by atoms with Crippen molar-refractivity contribution in [3.8, 4) is 5.75 Å². The molecule has 2 heterocycles. The number of fused-ring (bicyclic) bond motifs is 1. The first kappa shape index (κ1) is 16.8. The van der Waals surface area contributed by atoms with Crippen molar-refractivity contribution in [3.63, 3.8) is 0 Å². The highest BCUT2D eigenvalue weighted by Gasteiger charge is 2.16. The van der Waals surface area contributed by atoms with E-state index >= 15 is 0 Å². The van der Waals surface area contributed by atoms with Gasteiger partial charge >= 0.3 is 0 Å². The minimum Gasteiger partial charge on any atom is -0.508 e. The van der Waals surface area contributed by atoms with E-state index in [1.807, 2.05) is 30.3 Å². The van der Waals surface area contributed by atoms with Crippen LogP contribution in [0.25, 0.3) is 11.0 Å². The molecule has 0 bridgehead atoms. The molecule has 0 fully saturated rings. The zero-order chi connectivity index (χ0) is 18.6. The summed E-state index contributed by atoms with van der Waals surface area (Å²) < 4.78 is 6.01. The molecule has 134 valence electrons. The number of furan rings is 1. The van der Waals surface area contributed by atoms with Gasteiger partial charge in [0, 0.05) is 41.9 Å². The van der Waals surface area contributed by atoms with Gasteiger partial charge in [-0.15, -0.1) is 0 Å². The number of pyridine rings is 1. The molecule has 0 saturated carbocycles. The highest BCUT2D eigenvalue weighted by molar-refractivity contribution is 5.94. The molecule has 2 aromatic heterocycles. The first-order valence-electron chi connectivity index (χ1n) is 8.66. The fourth-order valence-electron chi connectivity index (χ4n) is 3.07. The summed E-state index contributed by atoms with van der Waals surface area (Å²) in [5, 5.41) is 13.6. The van der Waals surface area contributed by atoms with Crippen molar-refractivity contribution in [2.75, 3.05) is 0 Å². The SMILES string of the molecule is O=C(NCc1c(Cc2cccnc2)oc2ccc(O)cc12)c1ccccc1. The maximum Gasteiger partial charge on any atom is 0.251 e. The smallest absolute Gasteiger partial charge is 0.251 e. The average Bonchev–Trinajstić information content (AvgIpc) is 3.03. The fraction of sp³-hybridized carbons (Fsp3) is 0.0909. The van der Waals surface area contributed by atoms with Crippen molar-refractivity contribution in [2.45, 2.75) is 13.0 Å². The molecule has 0 spiro atoms. The summed E-state index contributed by atoms with van der Waals surface area (Å²) in [6, 6.07) is 17.9. The van der Waals surface area contributed by atoms with Crippen molar-refractivity contribution < 1.29 is 14.3 Å². The van der Waals surface area contributed by atoms with E-state index < -0.39 is 0 Å². The first-order valence-corrected chi connectivity index (χ1v) is 8.66. The van der Waals surface area contributed by atoms with Gasteiger partial charge in [0.25, 0.3) is 5.91 Å². The number of carbonyl (C=O) groups is 1. The number of nitrogens with one attached hydrogen (secondary N) is 1. The van der Waals surface area contributed by atoms with Gasteiger partial charge in [0.05, 0.1) is 0 Å². The lowest BCUT2D eigenvalue weighted by Gasteiger charge is -2.07. The van der Waals surface area contributed by atoms with Crippen LogP contribution in [-0.4, -0.2) is 16.0 Å². The minimum atomic E-state index is -0.155. The lowest BCUT2D eigenvalue weighted by Crippen LogP contribution is -2.23. The summed E-state index contributed by atoms with van der Waals surface area (Å²) in [5.41, 5.74) is 3.14. The van der Waals surface area contributed by atoms with Gasteiger partial charge in [-0.1, -0.05) is 24.3 Å². The van der Waals surface area contributed by atoms with Crippen molar-refractivity contribution in [2.24, 2.45) is 0 Å². The second-order valence-corrected chi connectivity index (χ2v) is 6.27. The molecule has 0 radical (unpaired) electrons. The van der Waals surface area contributed by atoms with E-state index in [1.165, 1.54) is 0 Å². The maximum absolute atomic E-state index is 12.4. The molecular formula is C22H18N2O3. The molecular weight excluding hydrogens is 340 g/mol. The molecule has 4 rings (SSSR count). The van der Waals surface area contributed by atoms with Crippen LogP contribution in [0.4, 0.5) is 0 Å². The van der Waals surface area contributed by atoms with Crippen molar-refractivity contribution in [1.82, 2.24) is 10.3 Å². The molecule has 27 heavy (non-hydrogen) atoms. The Labute approximate surface area is 156 Å². The topological polar surface area (TPSA) is 75.4 Å². The maximum atomic E-state index is 12.4. The molecule has 4 aromatic rings. The summed E-state index contributed by atoms with van der Waals surface area (Å²) >= 11 is 0. The molecule has 0 aliphatic carbocycles. The van der Waals surface area contributed by atoms with Gasteiger partial charge in [-0.05, 0) is 42.0 Å². The van der Waals surface area contributed by atoms with Gasteiger partial charge < -0.3 is 14.8 Å². The highest BCUT2D eigenvalue weighted by Crippen LogP contribution is 2.30. The largest absolute Gasteiger partial charge is 0.508 e. The minimum absolute atomic E-state index is 0.155.